The molecule has 0 unspecified atom stereocenters. The minimum Gasteiger partial charge on any atom is -0.478 e. The van der Waals surface area contributed by atoms with Crippen molar-refractivity contribution in [3.63, 3.8) is 0 Å². The van der Waals surface area contributed by atoms with Crippen molar-refractivity contribution >= 4 is 45.9 Å². The number of hydrogen-bond donors (Lipinski definition) is 3. The molecular formula is C30H18O8. The summed E-state index contributed by atoms with van der Waals surface area (Å²) in [6.07, 6.45) is 0. The fourth-order valence-electron chi connectivity index (χ4n) is 4.41. The Morgan fingerprint density at radius 3 is 1.42 bits per heavy atom. The quantitative estimate of drug-likeness (QED) is 0.182. The fraction of sp³-hybridized carbons (Fsp3) is 0. The molecule has 5 aromatic rings. The summed E-state index contributed by atoms with van der Waals surface area (Å²) in [5, 5.41) is 31.8. The number of rotatable bonds is 7. The smallest absolute Gasteiger partial charge is 0.335 e. The molecule has 0 aliphatic heterocycles. The van der Waals surface area contributed by atoms with E-state index >= 15 is 0 Å². The van der Waals surface area contributed by atoms with Crippen molar-refractivity contribution in [1.29, 1.82) is 0 Å². The second-order valence-electron chi connectivity index (χ2n) is 8.65. The number of carbonyl (C=O) groups excluding carboxylic acids is 1. The first-order valence-corrected chi connectivity index (χ1v) is 11.3. The minimum absolute atomic E-state index is 0.0214. The average molecular weight is 506 g/mol. The standard InChI is InChI=1S/C30H18O8/c31-15-38-27-13-23(11-26(14-27)30(36)37)19-4-2-17-5-16-1-3-18(6-20(16)8-21(17)7-19)22-9-24(28(32)33)12-25(10-22)29(34)35/h1-15H,(H,32,33)(H,34,35)(H,36,37). The van der Waals surface area contributed by atoms with Crippen molar-refractivity contribution in [3.05, 3.63) is 102 Å². The molecule has 0 bridgehead atoms. The van der Waals surface area contributed by atoms with Crippen LogP contribution in [0.25, 0.3) is 43.8 Å². The van der Waals surface area contributed by atoms with Crippen molar-refractivity contribution in [3.8, 4) is 28.0 Å². The maximum absolute atomic E-state index is 11.6. The highest BCUT2D eigenvalue weighted by molar-refractivity contribution is 6.02. The van der Waals surface area contributed by atoms with Crippen LogP contribution in [0.3, 0.4) is 0 Å². The summed E-state index contributed by atoms with van der Waals surface area (Å²) in [6.45, 7) is 0.237. The van der Waals surface area contributed by atoms with Gasteiger partial charge in [-0.2, -0.15) is 0 Å². The number of fused-ring (bicyclic) bond motifs is 2. The largest absolute Gasteiger partial charge is 0.478 e. The second-order valence-corrected chi connectivity index (χ2v) is 8.65. The molecule has 0 aromatic heterocycles. The maximum atomic E-state index is 11.6. The lowest BCUT2D eigenvalue weighted by molar-refractivity contribution is -0.120. The van der Waals surface area contributed by atoms with E-state index in [1.807, 2.05) is 42.5 Å². The molecule has 0 fully saturated rings. The molecule has 0 amide bonds. The van der Waals surface area contributed by atoms with E-state index in [4.69, 9.17) is 4.74 Å². The van der Waals surface area contributed by atoms with Crippen LogP contribution < -0.4 is 4.74 Å². The molecule has 0 saturated carbocycles. The zero-order valence-corrected chi connectivity index (χ0v) is 19.5. The summed E-state index contributed by atoms with van der Waals surface area (Å²) in [4.78, 5) is 45.4. The molecule has 5 aromatic carbocycles. The van der Waals surface area contributed by atoms with Crippen LogP contribution in [0.2, 0.25) is 0 Å². The molecule has 8 nitrogen and oxygen atoms in total. The highest BCUT2D eigenvalue weighted by atomic mass is 16.5. The zero-order chi connectivity index (χ0) is 27.0. The molecule has 0 aliphatic carbocycles. The summed E-state index contributed by atoms with van der Waals surface area (Å²) in [5.41, 5.74) is 2.13. The van der Waals surface area contributed by atoms with E-state index < -0.39 is 17.9 Å². The molecule has 5 rings (SSSR count). The minimum atomic E-state index is -1.22. The lowest BCUT2D eigenvalue weighted by Gasteiger charge is -2.10. The molecule has 8 heteroatoms. The SMILES string of the molecule is O=COc1cc(C(=O)O)cc(-c2ccc3cc4ccc(-c5cc(C(=O)O)cc(C(=O)O)c5)cc4cc3c2)c1. The lowest BCUT2D eigenvalue weighted by atomic mass is 9.94. The van der Waals surface area contributed by atoms with Gasteiger partial charge in [-0.1, -0.05) is 24.3 Å². The van der Waals surface area contributed by atoms with E-state index in [1.54, 1.807) is 12.1 Å². The average Bonchev–Trinajstić information content (AvgIpc) is 2.90. The predicted molar refractivity (Wildman–Crippen MR) is 140 cm³/mol. The first-order valence-electron chi connectivity index (χ1n) is 11.3. The number of hydrogen-bond acceptors (Lipinski definition) is 5. The van der Waals surface area contributed by atoms with Gasteiger partial charge in [0.2, 0.25) is 0 Å². The van der Waals surface area contributed by atoms with Crippen molar-refractivity contribution < 1.29 is 39.2 Å². The van der Waals surface area contributed by atoms with Gasteiger partial charge in [0, 0.05) is 0 Å². The molecule has 0 heterocycles. The Hall–Kier alpha value is -5.50. The first kappa shape index (κ1) is 24.2. The topological polar surface area (TPSA) is 138 Å². The second kappa shape index (κ2) is 9.51. The Bertz CT molecular complexity index is 1770. The molecule has 3 N–H and O–H groups in total. The summed E-state index contributed by atoms with van der Waals surface area (Å²) in [6, 6.07) is 23.5. The van der Waals surface area contributed by atoms with Crippen LogP contribution in [0, 0.1) is 0 Å². The lowest BCUT2D eigenvalue weighted by Crippen LogP contribution is -2.03. The van der Waals surface area contributed by atoms with Crippen LogP contribution in [-0.4, -0.2) is 39.7 Å². The Kier molecular flexibility index (Phi) is 6.06. The summed E-state index contributed by atoms with van der Waals surface area (Å²) >= 11 is 0. The highest BCUT2D eigenvalue weighted by Gasteiger charge is 2.14. The van der Waals surface area contributed by atoms with Crippen LogP contribution >= 0.6 is 0 Å². The molecule has 0 radical (unpaired) electrons. The Labute approximate surface area is 215 Å². The monoisotopic (exact) mass is 506 g/mol. The maximum Gasteiger partial charge on any atom is 0.335 e. The van der Waals surface area contributed by atoms with Crippen molar-refractivity contribution in [2.45, 2.75) is 0 Å². The zero-order valence-electron chi connectivity index (χ0n) is 19.5. The van der Waals surface area contributed by atoms with Crippen LogP contribution in [0.5, 0.6) is 5.75 Å². The van der Waals surface area contributed by atoms with E-state index in [2.05, 4.69) is 0 Å². The van der Waals surface area contributed by atoms with Gasteiger partial charge in [-0.25, -0.2) is 14.4 Å². The normalized spacial score (nSPS) is 10.8. The van der Waals surface area contributed by atoms with Gasteiger partial charge in [0.05, 0.1) is 16.7 Å². The van der Waals surface area contributed by atoms with E-state index in [9.17, 15) is 34.5 Å². The molecule has 186 valence electrons. The molecule has 38 heavy (non-hydrogen) atoms. The van der Waals surface area contributed by atoms with Gasteiger partial charge in [-0.3, -0.25) is 4.79 Å². The van der Waals surface area contributed by atoms with Crippen molar-refractivity contribution in [1.82, 2.24) is 0 Å². The van der Waals surface area contributed by atoms with E-state index in [0.717, 1.165) is 27.6 Å². The number of ether oxygens (including phenoxy) is 1. The number of benzene rings is 5. The fourth-order valence-corrected chi connectivity index (χ4v) is 4.41. The molecule has 0 saturated heterocycles. The van der Waals surface area contributed by atoms with E-state index in [1.165, 1.54) is 24.3 Å². The predicted octanol–water partition coefficient (Wildman–Crippen LogP) is 5.96. The molecular weight excluding hydrogens is 488 g/mol. The highest BCUT2D eigenvalue weighted by Crippen LogP contribution is 2.33. The van der Waals surface area contributed by atoms with Crippen molar-refractivity contribution in [2.24, 2.45) is 0 Å². The van der Waals surface area contributed by atoms with Gasteiger partial charge in [-0.05, 0) is 104 Å². The van der Waals surface area contributed by atoms with Gasteiger partial charge in [-0.15, -0.1) is 0 Å². The van der Waals surface area contributed by atoms with E-state index in [0.29, 0.717) is 22.3 Å². The number of carboxylic acid groups (broad SMARTS) is 3. The van der Waals surface area contributed by atoms with Gasteiger partial charge in [0.1, 0.15) is 5.75 Å². The van der Waals surface area contributed by atoms with Crippen LogP contribution in [0.1, 0.15) is 31.1 Å². The molecule has 0 aliphatic rings. The summed E-state index contributed by atoms with van der Waals surface area (Å²) in [7, 11) is 0. The van der Waals surface area contributed by atoms with Gasteiger partial charge >= 0.3 is 17.9 Å². The Morgan fingerprint density at radius 1 is 0.500 bits per heavy atom. The van der Waals surface area contributed by atoms with Gasteiger partial charge in [0.15, 0.2) is 0 Å². The van der Waals surface area contributed by atoms with Crippen molar-refractivity contribution in [2.75, 3.05) is 0 Å². The van der Waals surface area contributed by atoms with Crippen LogP contribution in [0.15, 0.2) is 84.9 Å². The third-order valence-electron chi connectivity index (χ3n) is 6.23. The molecule has 0 atom stereocenters. The Balaban J connectivity index is 1.63. The van der Waals surface area contributed by atoms with Crippen LogP contribution in [0.4, 0.5) is 0 Å². The molecule has 0 spiro atoms. The number of carboxylic acids is 3. The number of aromatic carboxylic acids is 3. The van der Waals surface area contributed by atoms with Gasteiger partial charge in [0.25, 0.3) is 6.47 Å². The van der Waals surface area contributed by atoms with E-state index in [-0.39, 0.29) is 28.9 Å². The third-order valence-corrected chi connectivity index (χ3v) is 6.23. The summed E-state index contributed by atoms with van der Waals surface area (Å²) < 4.78 is 4.89. The first-order chi connectivity index (χ1) is 18.2. The Morgan fingerprint density at radius 2 is 0.947 bits per heavy atom. The number of carbonyl (C=O) groups is 4. The van der Waals surface area contributed by atoms with Gasteiger partial charge < -0.3 is 20.1 Å². The van der Waals surface area contributed by atoms with Crippen LogP contribution in [-0.2, 0) is 4.79 Å². The third kappa shape index (κ3) is 4.66. The summed E-state index contributed by atoms with van der Waals surface area (Å²) in [5.74, 6) is -3.48.